The van der Waals surface area contributed by atoms with E-state index in [0.29, 0.717) is 12.3 Å². The standard InChI is InChI=1S/C15H12BNOS/c1-16-15-11(10-18-16)5-3-8-14(15)19-13-7-4-6-12(9-13)17-2/h3-9H,10H2,1H3. The zero-order valence-corrected chi connectivity index (χ0v) is 11.4. The summed E-state index contributed by atoms with van der Waals surface area (Å²) >= 11 is 1.70. The quantitative estimate of drug-likeness (QED) is 0.606. The summed E-state index contributed by atoms with van der Waals surface area (Å²) in [6, 6.07) is 14.0. The lowest BCUT2D eigenvalue weighted by Gasteiger charge is -2.09. The average molecular weight is 265 g/mol. The molecule has 2 aromatic carbocycles. The fraction of sp³-hybridized carbons (Fsp3) is 0.133. The lowest BCUT2D eigenvalue weighted by Crippen LogP contribution is -2.26. The Morgan fingerprint density at radius 1 is 1.26 bits per heavy atom. The Hall–Kier alpha value is -1.70. The molecule has 0 aromatic heterocycles. The molecule has 0 N–H and O–H groups in total. The topological polar surface area (TPSA) is 13.6 Å². The normalized spacial score (nSPS) is 13.2. The first-order valence-electron chi connectivity index (χ1n) is 6.16. The van der Waals surface area contributed by atoms with Crippen molar-refractivity contribution in [3.8, 4) is 0 Å². The van der Waals surface area contributed by atoms with E-state index >= 15 is 0 Å². The molecule has 19 heavy (non-hydrogen) atoms. The molecule has 0 atom stereocenters. The van der Waals surface area contributed by atoms with Crippen molar-refractivity contribution in [2.45, 2.75) is 23.2 Å². The average Bonchev–Trinajstić information content (AvgIpc) is 2.82. The van der Waals surface area contributed by atoms with E-state index in [9.17, 15) is 0 Å². The third-order valence-corrected chi connectivity index (χ3v) is 4.29. The van der Waals surface area contributed by atoms with Crippen molar-refractivity contribution in [2.24, 2.45) is 0 Å². The van der Waals surface area contributed by atoms with Crippen molar-refractivity contribution in [1.82, 2.24) is 0 Å². The van der Waals surface area contributed by atoms with Crippen LogP contribution in [0.4, 0.5) is 5.69 Å². The number of rotatable bonds is 2. The maximum atomic E-state index is 7.07. The van der Waals surface area contributed by atoms with Gasteiger partial charge in [0.15, 0.2) is 5.69 Å². The molecule has 0 radical (unpaired) electrons. The Bertz CT molecular complexity index is 665. The Balaban J connectivity index is 1.96. The molecular formula is C15H12BNOS. The van der Waals surface area contributed by atoms with Crippen LogP contribution in [-0.4, -0.2) is 6.92 Å². The van der Waals surface area contributed by atoms with Gasteiger partial charge in [0, 0.05) is 9.79 Å². The monoisotopic (exact) mass is 265 g/mol. The van der Waals surface area contributed by atoms with Crippen molar-refractivity contribution >= 4 is 29.8 Å². The SMILES string of the molecule is [C-]#[N+]c1cccc(Sc2cccc3c2B(C)OC3)c1. The summed E-state index contributed by atoms with van der Waals surface area (Å²) in [6.45, 7) is 10.0. The van der Waals surface area contributed by atoms with Gasteiger partial charge in [-0.25, -0.2) is 4.85 Å². The van der Waals surface area contributed by atoms with Gasteiger partial charge in [-0.3, -0.25) is 0 Å². The molecule has 0 fully saturated rings. The summed E-state index contributed by atoms with van der Waals surface area (Å²) in [5.41, 5.74) is 3.25. The molecule has 2 nitrogen and oxygen atoms in total. The van der Waals surface area contributed by atoms with E-state index in [1.54, 1.807) is 11.8 Å². The zero-order valence-electron chi connectivity index (χ0n) is 10.6. The van der Waals surface area contributed by atoms with Gasteiger partial charge < -0.3 is 4.65 Å². The molecule has 2 aromatic rings. The number of benzene rings is 2. The van der Waals surface area contributed by atoms with Crippen LogP contribution in [0.3, 0.4) is 0 Å². The van der Waals surface area contributed by atoms with Crippen LogP contribution in [0.2, 0.25) is 6.82 Å². The molecule has 92 valence electrons. The smallest absolute Gasteiger partial charge is 0.325 e. The summed E-state index contributed by atoms with van der Waals surface area (Å²) in [5.74, 6) is 0. The molecule has 3 rings (SSSR count). The molecule has 0 saturated heterocycles. The van der Waals surface area contributed by atoms with E-state index in [2.05, 4.69) is 29.9 Å². The van der Waals surface area contributed by atoms with E-state index in [1.165, 1.54) is 15.9 Å². The molecule has 0 unspecified atom stereocenters. The summed E-state index contributed by atoms with van der Waals surface area (Å²) in [6.07, 6.45) is 0. The molecule has 0 saturated carbocycles. The molecule has 1 aliphatic heterocycles. The van der Waals surface area contributed by atoms with Crippen molar-refractivity contribution in [3.63, 3.8) is 0 Å². The molecule has 1 aliphatic rings. The van der Waals surface area contributed by atoms with E-state index in [4.69, 9.17) is 11.2 Å². The highest BCUT2D eigenvalue weighted by Crippen LogP contribution is 2.31. The summed E-state index contributed by atoms with van der Waals surface area (Å²) < 4.78 is 5.68. The van der Waals surface area contributed by atoms with Crippen molar-refractivity contribution < 1.29 is 4.65 Å². The third-order valence-electron chi connectivity index (χ3n) is 3.23. The minimum absolute atomic E-state index is 0.155. The summed E-state index contributed by atoms with van der Waals surface area (Å²) in [5, 5.41) is 0. The van der Waals surface area contributed by atoms with Gasteiger partial charge in [-0.1, -0.05) is 48.9 Å². The number of hydrogen-bond donors (Lipinski definition) is 0. The third kappa shape index (κ3) is 2.40. The van der Waals surface area contributed by atoms with Crippen molar-refractivity contribution in [3.05, 3.63) is 59.4 Å². The van der Waals surface area contributed by atoms with E-state index in [1.807, 2.05) is 24.3 Å². The molecule has 0 bridgehead atoms. The van der Waals surface area contributed by atoms with Crippen LogP contribution in [0.5, 0.6) is 0 Å². The maximum absolute atomic E-state index is 7.07. The second-order valence-electron chi connectivity index (χ2n) is 4.49. The minimum Gasteiger partial charge on any atom is -0.427 e. The van der Waals surface area contributed by atoms with Gasteiger partial charge in [-0.2, -0.15) is 0 Å². The van der Waals surface area contributed by atoms with Crippen LogP contribution < -0.4 is 5.46 Å². The molecule has 0 amide bonds. The van der Waals surface area contributed by atoms with Crippen LogP contribution in [0.1, 0.15) is 5.56 Å². The second-order valence-corrected chi connectivity index (χ2v) is 5.61. The van der Waals surface area contributed by atoms with Gasteiger partial charge in [0.25, 0.3) is 0 Å². The first kappa shape index (κ1) is 12.3. The summed E-state index contributed by atoms with van der Waals surface area (Å²) in [4.78, 5) is 5.80. The molecule has 0 spiro atoms. The maximum Gasteiger partial charge on any atom is 0.325 e. The highest BCUT2D eigenvalue weighted by Gasteiger charge is 2.26. The number of nitrogens with zero attached hydrogens (tertiary/aromatic N) is 1. The van der Waals surface area contributed by atoms with Crippen LogP contribution >= 0.6 is 11.8 Å². The van der Waals surface area contributed by atoms with E-state index < -0.39 is 0 Å². The van der Waals surface area contributed by atoms with Crippen molar-refractivity contribution in [2.75, 3.05) is 0 Å². The van der Waals surface area contributed by atoms with Gasteiger partial charge in [-0.05, 0) is 23.2 Å². The highest BCUT2D eigenvalue weighted by atomic mass is 32.2. The Kier molecular flexibility index (Phi) is 3.33. The number of hydrogen-bond acceptors (Lipinski definition) is 2. The van der Waals surface area contributed by atoms with Gasteiger partial charge >= 0.3 is 6.92 Å². The Morgan fingerprint density at radius 3 is 2.95 bits per heavy atom. The number of fused-ring (bicyclic) bond motifs is 1. The minimum atomic E-state index is 0.155. The van der Waals surface area contributed by atoms with Gasteiger partial charge in [-0.15, -0.1) is 0 Å². The van der Waals surface area contributed by atoms with Gasteiger partial charge in [0.05, 0.1) is 13.2 Å². The lowest BCUT2D eigenvalue weighted by atomic mass is 9.64. The Labute approximate surface area is 117 Å². The highest BCUT2D eigenvalue weighted by molar-refractivity contribution is 7.99. The first-order chi connectivity index (χ1) is 9.28. The summed E-state index contributed by atoms with van der Waals surface area (Å²) in [7, 11) is 0. The van der Waals surface area contributed by atoms with Crippen molar-refractivity contribution in [1.29, 1.82) is 0 Å². The molecule has 1 heterocycles. The van der Waals surface area contributed by atoms with E-state index in [0.717, 1.165) is 4.90 Å². The van der Waals surface area contributed by atoms with Crippen LogP contribution in [-0.2, 0) is 11.3 Å². The van der Waals surface area contributed by atoms with E-state index in [-0.39, 0.29) is 6.92 Å². The molecular weight excluding hydrogens is 253 g/mol. The fourth-order valence-electron chi connectivity index (χ4n) is 2.31. The predicted molar refractivity (Wildman–Crippen MR) is 79.3 cm³/mol. The largest absolute Gasteiger partial charge is 0.427 e. The fourth-order valence-corrected chi connectivity index (χ4v) is 3.44. The molecule has 4 heteroatoms. The molecule has 0 aliphatic carbocycles. The van der Waals surface area contributed by atoms with Crippen LogP contribution in [0, 0.1) is 6.57 Å². The second kappa shape index (κ2) is 5.12. The van der Waals surface area contributed by atoms with Crippen LogP contribution in [0.25, 0.3) is 4.85 Å². The van der Waals surface area contributed by atoms with Gasteiger partial charge in [0.2, 0.25) is 0 Å². The zero-order chi connectivity index (χ0) is 13.2. The predicted octanol–water partition coefficient (Wildman–Crippen LogP) is 3.75. The lowest BCUT2D eigenvalue weighted by molar-refractivity contribution is 0.333. The Morgan fingerprint density at radius 2 is 2.11 bits per heavy atom. The first-order valence-corrected chi connectivity index (χ1v) is 6.98. The van der Waals surface area contributed by atoms with Gasteiger partial charge in [0.1, 0.15) is 0 Å². The van der Waals surface area contributed by atoms with Crippen LogP contribution in [0.15, 0.2) is 52.3 Å².